The highest BCUT2D eigenvalue weighted by Crippen LogP contribution is 2.36. The molecule has 0 unspecified atom stereocenters. The molecule has 2 nitrogen and oxygen atoms in total. The normalized spacial score (nSPS) is 28.9. The van der Waals surface area contributed by atoms with E-state index in [0.717, 1.165) is 25.9 Å². The van der Waals surface area contributed by atoms with Gasteiger partial charge in [-0.2, -0.15) is 0 Å². The van der Waals surface area contributed by atoms with Crippen LogP contribution in [0.3, 0.4) is 0 Å². The molecule has 0 aromatic heterocycles. The third-order valence-corrected chi connectivity index (χ3v) is 4.81. The van der Waals surface area contributed by atoms with Crippen LogP contribution >= 0.6 is 0 Å². The van der Waals surface area contributed by atoms with Crippen LogP contribution in [0.25, 0.3) is 0 Å². The first kappa shape index (κ1) is 12.4. The van der Waals surface area contributed by atoms with Gasteiger partial charge in [-0.1, -0.05) is 32.6 Å². The van der Waals surface area contributed by atoms with E-state index in [9.17, 15) is 5.11 Å². The maximum atomic E-state index is 11.4. The number of rotatable bonds is 2. The highest BCUT2D eigenvalue weighted by molar-refractivity contribution is 4.93. The Labute approximate surface area is 100 Å². The molecule has 93 valence electrons. The maximum Gasteiger partial charge on any atom is 0.0954 e. The smallest absolute Gasteiger partial charge is 0.0954 e. The molecule has 1 heterocycles. The topological polar surface area (TPSA) is 23.1 Å². The van der Waals surface area contributed by atoms with Gasteiger partial charge in [0.25, 0.3) is 0 Å². The molecule has 0 atom stereocenters. The summed E-state index contributed by atoms with van der Waals surface area (Å²) in [7, 11) is 0. The lowest BCUT2D eigenvalue weighted by Crippen LogP contribution is -2.52. The van der Waals surface area contributed by atoms with Gasteiger partial charge >= 0.3 is 0 Å². The molecule has 0 amide bonds. The second-order valence-electron chi connectivity index (χ2n) is 5.68. The fraction of sp³-hybridized carbons (Fsp3) is 1.00. The average Bonchev–Trinajstić information content (AvgIpc) is 2.56. The number of piperidine rings is 1. The Hall–Kier alpha value is -0.0800. The molecule has 2 rings (SSSR count). The Balaban J connectivity index is 2.01. The average molecular weight is 224 g/mol. The number of hydrogen-bond acceptors (Lipinski definition) is 1. The molecule has 0 bridgehead atoms. The predicted octanol–water partition coefficient (Wildman–Crippen LogP) is 3.38. The second kappa shape index (κ2) is 5.50. The second-order valence-corrected chi connectivity index (χ2v) is 5.68. The summed E-state index contributed by atoms with van der Waals surface area (Å²) in [5.74, 6) is 0. The Bertz CT molecular complexity index is 201. The van der Waals surface area contributed by atoms with Crippen molar-refractivity contribution in [3.8, 4) is 0 Å². The molecule has 2 fully saturated rings. The lowest BCUT2D eigenvalue weighted by atomic mass is 9.84. The van der Waals surface area contributed by atoms with Gasteiger partial charge in [0.15, 0.2) is 0 Å². The van der Waals surface area contributed by atoms with Crippen LogP contribution in [0.4, 0.5) is 0 Å². The zero-order valence-corrected chi connectivity index (χ0v) is 10.7. The Morgan fingerprint density at radius 2 is 1.62 bits per heavy atom. The highest BCUT2D eigenvalue weighted by Gasteiger charge is 2.37. The summed E-state index contributed by atoms with van der Waals surface area (Å²) in [5.41, 5.74) is 0.455. The van der Waals surface area contributed by atoms with Gasteiger partial charge in [-0.05, 0) is 32.1 Å². The molecule has 1 radical (unpaired) electrons. The van der Waals surface area contributed by atoms with Crippen molar-refractivity contribution in [2.24, 2.45) is 0 Å². The zero-order chi connectivity index (χ0) is 11.4. The van der Waals surface area contributed by atoms with Crippen LogP contribution in [-0.4, -0.2) is 29.6 Å². The molecule has 0 spiro atoms. The van der Waals surface area contributed by atoms with Gasteiger partial charge in [-0.15, -0.1) is 0 Å². The van der Waals surface area contributed by atoms with Crippen LogP contribution in [-0.2, 0) is 5.11 Å². The molecular weight excluding hydrogens is 198 g/mol. The number of nitrogens with zero attached hydrogens (tertiary/aromatic N) is 1. The molecule has 1 aliphatic carbocycles. The third-order valence-electron chi connectivity index (χ3n) is 4.81. The van der Waals surface area contributed by atoms with Crippen molar-refractivity contribution in [2.45, 2.75) is 76.4 Å². The van der Waals surface area contributed by atoms with E-state index < -0.39 is 0 Å². The van der Waals surface area contributed by atoms with Gasteiger partial charge in [0.2, 0.25) is 0 Å². The molecule has 0 aromatic carbocycles. The first-order valence-electron chi connectivity index (χ1n) is 7.18. The summed E-state index contributed by atoms with van der Waals surface area (Å²) in [6, 6.07) is 0. The first-order valence-corrected chi connectivity index (χ1v) is 7.18. The molecule has 1 saturated carbocycles. The van der Waals surface area contributed by atoms with Gasteiger partial charge in [0, 0.05) is 18.6 Å². The lowest BCUT2D eigenvalue weighted by Gasteiger charge is -2.46. The van der Waals surface area contributed by atoms with Crippen LogP contribution in [0.15, 0.2) is 0 Å². The van der Waals surface area contributed by atoms with E-state index in [-0.39, 0.29) is 6.10 Å². The number of hydrogen-bond donors (Lipinski definition) is 0. The monoisotopic (exact) mass is 224 g/mol. The summed E-state index contributed by atoms with van der Waals surface area (Å²) in [5, 5.41) is 11.4. The molecule has 2 aliphatic rings. The first-order chi connectivity index (χ1) is 7.77. The summed E-state index contributed by atoms with van der Waals surface area (Å²) >= 11 is 0. The standard InChI is InChI=1S/C14H26NO/c1-2-14(9-5-3-4-6-10-14)15-11-7-13(16)8-12-15/h13H,2-12H2,1H3. The zero-order valence-electron chi connectivity index (χ0n) is 10.7. The van der Waals surface area contributed by atoms with E-state index in [1.807, 2.05) is 0 Å². The Kier molecular flexibility index (Phi) is 4.26. The summed E-state index contributed by atoms with van der Waals surface area (Å²) in [4.78, 5) is 2.66. The minimum Gasteiger partial charge on any atom is -0.297 e. The molecule has 1 saturated heterocycles. The van der Waals surface area contributed by atoms with Crippen molar-refractivity contribution in [1.82, 2.24) is 4.90 Å². The van der Waals surface area contributed by atoms with Gasteiger partial charge in [-0.25, -0.2) is 5.11 Å². The summed E-state index contributed by atoms with van der Waals surface area (Å²) in [6.45, 7) is 4.46. The summed E-state index contributed by atoms with van der Waals surface area (Å²) in [6.07, 6.45) is 11.1. The van der Waals surface area contributed by atoms with E-state index >= 15 is 0 Å². The van der Waals surface area contributed by atoms with Crippen molar-refractivity contribution < 1.29 is 5.11 Å². The van der Waals surface area contributed by atoms with Crippen molar-refractivity contribution in [2.75, 3.05) is 13.1 Å². The van der Waals surface area contributed by atoms with E-state index in [0.29, 0.717) is 5.54 Å². The largest absolute Gasteiger partial charge is 0.297 e. The van der Waals surface area contributed by atoms with E-state index in [1.54, 1.807) is 0 Å². The minimum atomic E-state index is -0.282. The minimum absolute atomic E-state index is 0.282. The highest BCUT2D eigenvalue weighted by atomic mass is 16.3. The van der Waals surface area contributed by atoms with E-state index in [2.05, 4.69) is 11.8 Å². The van der Waals surface area contributed by atoms with Gasteiger partial charge < -0.3 is 0 Å². The van der Waals surface area contributed by atoms with Crippen LogP contribution in [0.2, 0.25) is 0 Å². The predicted molar refractivity (Wildman–Crippen MR) is 66.0 cm³/mol. The van der Waals surface area contributed by atoms with Crippen LogP contribution in [0.5, 0.6) is 0 Å². The van der Waals surface area contributed by atoms with Crippen LogP contribution in [0.1, 0.15) is 64.7 Å². The van der Waals surface area contributed by atoms with Crippen molar-refractivity contribution in [3.63, 3.8) is 0 Å². The molecule has 16 heavy (non-hydrogen) atoms. The molecular formula is C14H26NO. The van der Waals surface area contributed by atoms with Gasteiger partial charge in [0.05, 0.1) is 6.10 Å². The Morgan fingerprint density at radius 3 is 2.12 bits per heavy atom. The van der Waals surface area contributed by atoms with Crippen LogP contribution in [0, 0.1) is 0 Å². The lowest BCUT2D eigenvalue weighted by molar-refractivity contribution is -0.0211. The van der Waals surface area contributed by atoms with Crippen molar-refractivity contribution in [1.29, 1.82) is 0 Å². The molecule has 0 aromatic rings. The summed E-state index contributed by atoms with van der Waals surface area (Å²) < 4.78 is 0. The van der Waals surface area contributed by atoms with Crippen LogP contribution < -0.4 is 0 Å². The fourth-order valence-corrected chi connectivity index (χ4v) is 3.61. The van der Waals surface area contributed by atoms with Crippen molar-refractivity contribution >= 4 is 0 Å². The molecule has 2 heteroatoms. The quantitative estimate of drug-likeness (QED) is 0.659. The van der Waals surface area contributed by atoms with E-state index in [1.165, 1.54) is 44.9 Å². The third kappa shape index (κ3) is 2.60. The Morgan fingerprint density at radius 1 is 1.06 bits per heavy atom. The van der Waals surface area contributed by atoms with E-state index in [4.69, 9.17) is 0 Å². The van der Waals surface area contributed by atoms with Gasteiger partial charge in [-0.3, -0.25) is 4.90 Å². The molecule has 0 N–H and O–H groups in total. The molecule has 1 aliphatic heterocycles. The number of likely N-dealkylation sites (tertiary alicyclic amines) is 1. The van der Waals surface area contributed by atoms with Gasteiger partial charge in [0.1, 0.15) is 0 Å². The maximum absolute atomic E-state index is 11.4. The fourth-order valence-electron chi connectivity index (χ4n) is 3.61. The SMILES string of the molecule is CCC1(N2CCC([O])CC2)CCCCCC1. The van der Waals surface area contributed by atoms with Crippen molar-refractivity contribution in [3.05, 3.63) is 0 Å².